The summed E-state index contributed by atoms with van der Waals surface area (Å²) >= 11 is 11.8. The molecule has 0 saturated heterocycles. The van der Waals surface area contributed by atoms with Crippen molar-refractivity contribution in [3.63, 3.8) is 0 Å². The number of carbonyl (C=O) groups excluding carboxylic acids is 2. The first-order chi connectivity index (χ1) is 11.4. The van der Waals surface area contributed by atoms with Crippen LogP contribution in [0.5, 0.6) is 0 Å². The monoisotopic (exact) mass is 370 g/mol. The van der Waals surface area contributed by atoms with Gasteiger partial charge in [0.15, 0.2) is 0 Å². The Labute approximate surface area is 149 Å². The second kappa shape index (κ2) is 9.78. The molecule has 1 aromatic carbocycles. The molecule has 0 aliphatic heterocycles. The molecule has 0 aliphatic carbocycles. The number of nitrogens with zero attached hydrogens (tertiary/aromatic N) is 2. The molecule has 2 amide bonds. The van der Waals surface area contributed by atoms with E-state index >= 15 is 0 Å². The van der Waals surface area contributed by atoms with E-state index < -0.39 is 12.0 Å². The summed E-state index contributed by atoms with van der Waals surface area (Å²) in [6.45, 7) is 2.02. The van der Waals surface area contributed by atoms with Crippen LogP contribution in [0.2, 0.25) is 10.0 Å². The van der Waals surface area contributed by atoms with E-state index in [2.05, 4.69) is 5.32 Å². The van der Waals surface area contributed by atoms with E-state index in [9.17, 15) is 14.9 Å². The lowest BCUT2D eigenvalue weighted by Gasteiger charge is -2.17. The van der Waals surface area contributed by atoms with Gasteiger partial charge in [-0.3, -0.25) is 9.69 Å². The fraction of sp³-hybridized carbons (Fsp3) is 0.267. The molecular weight excluding hydrogens is 355 g/mol. The zero-order valence-electron chi connectivity index (χ0n) is 12.9. The van der Waals surface area contributed by atoms with Crippen molar-refractivity contribution in [2.75, 3.05) is 25.0 Å². The van der Waals surface area contributed by atoms with Gasteiger partial charge in [0, 0.05) is 19.3 Å². The van der Waals surface area contributed by atoms with Crippen LogP contribution in [-0.2, 0) is 9.53 Å². The molecule has 0 radical (unpaired) electrons. The molecule has 0 aliphatic rings. The van der Waals surface area contributed by atoms with Crippen molar-refractivity contribution < 1.29 is 14.3 Å². The van der Waals surface area contributed by atoms with Gasteiger partial charge < -0.3 is 15.8 Å². The Balaban J connectivity index is 3.01. The summed E-state index contributed by atoms with van der Waals surface area (Å²) < 4.78 is 4.84. The zero-order valence-corrected chi connectivity index (χ0v) is 14.4. The summed E-state index contributed by atoms with van der Waals surface area (Å²) in [6.07, 6.45) is 0.378. The normalized spacial score (nSPS) is 10.7. The maximum Gasteiger partial charge on any atom is 0.413 e. The van der Waals surface area contributed by atoms with Gasteiger partial charge in [0.05, 0.1) is 22.3 Å². The minimum Gasteiger partial charge on any atom is -0.449 e. The predicted molar refractivity (Wildman–Crippen MR) is 91.6 cm³/mol. The molecular formula is C15H16Cl2N4O3. The van der Waals surface area contributed by atoms with E-state index in [4.69, 9.17) is 33.7 Å². The number of rotatable bonds is 6. The summed E-state index contributed by atoms with van der Waals surface area (Å²) in [6, 6.07) is 6.41. The van der Waals surface area contributed by atoms with Crippen LogP contribution in [0.4, 0.5) is 10.5 Å². The zero-order chi connectivity index (χ0) is 18.1. The van der Waals surface area contributed by atoms with Gasteiger partial charge in [-0.25, -0.2) is 4.79 Å². The standard InChI is InChI=1S/C15H16Cl2N4O3/c1-2-24-15(23)21(7-6-18)9-10(8-19)14(22)20-12-5-3-4-11(16)13(12)17/h3-5,9H,2,6-7,18H2,1H3,(H,20,22)/b10-9-. The maximum absolute atomic E-state index is 12.2. The first-order valence-corrected chi connectivity index (χ1v) is 7.70. The fourth-order valence-electron chi connectivity index (χ4n) is 1.64. The van der Waals surface area contributed by atoms with E-state index in [0.717, 1.165) is 11.1 Å². The Morgan fingerprint density at radius 1 is 1.46 bits per heavy atom. The quantitative estimate of drug-likeness (QED) is 0.590. The van der Waals surface area contributed by atoms with Crippen molar-refractivity contribution >= 4 is 40.9 Å². The first kappa shape index (κ1) is 19.8. The number of nitrogens with two attached hydrogens (primary N) is 1. The van der Waals surface area contributed by atoms with Crippen molar-refractivity contribution in [3.05, 3.63) is 40.0 Å². The SMILES string of the molecule is CCOC(=O)N(/C=C(/C#N)C(=O)Nc1cccc(Cl)c1Cl)CCN. The fourth-order valence-corrected chi connectivity index (χ4v) is 1.99. The number of halogens is 2. The molecule has 24 heavy (non-hydrogen) atoms. The topological polar surface area (TPSA) is 108 Å². The van der Waals surface area contributed by atoms with Gasteiger partial charge in [-0.2, -0.15) is 5.26 Å². The molecule has 0 saturated carbocycles. The summed E-state index contributed by atoms with van der Waals surface area (Å²) in [4.78, 5) is 25.1. The van der Waals surface area contributed by atoms with E-state index in [1.54, 1.807) is 25.1 Å². The van der Waals surface area contributed by atoms with Crippen molar-refractivity contribution in [2.45, 2.75) is 6.92 Å². The second-order valence-electron chi connectivity index (χ2n) is 4.39. The highest BCUT2D eigenvalue weighted by Gasteiger charge is 2.17. The maximum atomic E-state index is 12.2. The molecule has 0 unspecified atom stereocenters. The molecule has 3 N–H and O–H groups in total. The number of anilines is 1. The number of amides is 2. The van der Waals surface area contributed by atoms with Crippen molar-refractivity contribution in [2.24, 2.45) is 5.73 Å². The number of nitrogens with one attached hydrogen (secondary N) is 1. The van der Waals surface area contributed by atoms with Crippen LogP contribution in [0.25, 0.3) is 0 Å². The number of hydrogen-bond donors (Lipinski definition) is 2. The Kier molecular flexibility index (Phi) is 8.06. The van der Waals surface area contributed by atoms with E-state index in [1.165, 1.54) is 6.07 Å². The Morgan fingerprint density at radius 3 is 2.75 bits per heavy atom. The third-order valence-electron chi connectivity index (χ3n) is 2.72. The van der Waals surface area contributed by atoms with Gasteiger partial charge in [-0.15, -0.1) is 0 Å². The molecule has 1 aromatic rings. The molecule has 0 atom stereocenters. The van der Waals surface area contributed by atoms with Crippen LogP contribution in [0, 0.1) is 11.3 Å². The third-order valence-corrected chi connectivity index (χ3v) is 3.54. The lowest BCUT2D eigenvalue weighted by Crippen LogP contribution is -2.32. The van der Waals surface area contributed by atoms with E-state index in [-0.39, 0.29) is 41.0 Å². The summed E-state index contributed by atoms with van der Waals surface area (Å²) in [5.41, 5.74) is 5.36. The molecule has 0 spiro atoms. The molecule has 7 nitrogen and oxygen atoms in total. The number of ether oxygens (including phenoxy) is 1. The Morgan fingerprint density at radius 2 is 2.17 bits per heavy atom. The minimum absolute atomic E-state index is 0.0925. The molecule has 0 fully saturated rings. The Bertz CT molecular complexity index is 686. The van der Waals surface area contributed by atoms with Gasteiger partial charge in [-0.1, -0.05) is 29.3 Å². The van der Waals surface area contributed by atoms with Crippen LogP contribution in [0.15, 0.2) is 30.0 Å². The van der Waals surface area contributed by atoms with E-state index in [1.807, 2.05) is 0 Å². The summed E-state index contributed by atoms with van der Waals surface area (Å²) in [5, 5.41) is 12.0. The molecule has 1 rings (SSSR count). The predicted octanol–water partition coefficient (Wildman–Crippen LogP) is 2.76. The van der Waals surface area contributed by atoms with Crippen molar-refractivity contribution in [1.29, 1.82) is 5.26 Å². The van der Waals surface area contributed by atoms with Crippen LogP contribution in [0.1, 0.15) is 6.92 Å². The molecule has 0 heterocycles. The Hall–Kier alpha value is -2.27. The third kappa shape index (κ3) is 5.42. The molecule has 0 bridgehead atoms. The van der Waals surface area contributed by atoms with Gasteiger partial charge in [0.25, 0.3) is 5.91 Å². The van der Waals surface area contributed by atoms with Gasteiger partial charge in [0.1, 0.15) is 11.6 Å². The minimum atomic E-state index is -0.743. The molecule has 9 heteroatoms. The average Bonchev–Trinajstić information content (AvgIpc) is 2.55. The molecule has 0 aromatic heterocycles. The smallest absolute Gasteiger partial charge is 0.413 e. The van der Waals surface area contributed by atoms with E-state index in [0.29, 0.717) is 0 Å². The van der Waals surface area contributed by atoms with Gasteiger partial charge in [-0.05, 0) is 19.1 Å². The lowest BCUT2D eigenvalue weighted by molar-refractivity contribution is -0.112. The van der Waals surface area contributed by atoms with Crippen molar-refractivity contribution in [1.82, 2.24) is 4.90 Å². The first-order valence-electron chi connectivity index (χ1n) is 6.95. The summed E-state index contributed by atoms with van der Waals surface area (Å²) in [7, 11) is 0. The lowest BCUT2D eigenvalue weighted by atomic mass is 10.2. The van der Waals surface area contributed by atoms with Crippen molar-refractivity contribution in [3.8, 4) is 6.07 Å². The number of benzene rings is 1. The highest BCUT2D eigenvalue weighted by atomic mass is 35.5. The van der Waals surface area contributed by atoms with Gasteiger partial charge in [0.2, 0.25) is 0 Å². The number of carbonyl (C=O) groups is 2. The second-order valence-corrected chi connectivity index (χ2v) is 5.18. The number of hydrogen-bond acceptors (Lipinski definition) is 5. The summed E-state index contributed by atoms with van der Waals surface area (Å²) in [5.74, 6) is -0.743. The number of nitriles is 1. The molecule has 128 valence electrons. The van der Waals surface area contributed by atoms with Crippen LogP contribution >= 0.6 is 23.2 Å². The van der Waals surface area contributed by atoms with Crippen LogP contribution in [-0.4, -0.2) is 36.6 Å². The van der Waals surface area contributed by atoms with Crippen LogP contribution < -0.4 is 11.1 Å². The average molecular weight is 371 g/mol. The highest BCUT2D eigenvalue weighted by molar-refractivity contribution is 6.44. The van der Waals surface area contributed by atoms with Crippen LogP contribution in [0.3, 0.4) is 0 Å². The highest BCUT2D eigenvalue weighted by Crippen LogP contribution is 2.29. The largest absolute Gasteiger partial charge is 0.449 e. The van der Waals surface area contributed by atoms with Gasteiger partial charge >= 0.3 is 6.09 Å².